The zero-order valence-electron chi connectivity index (χ0n) is 24.4. The highest BCUT2D eigenvalue weighted by atomic mass is 32.2. The third-order valence-electron chi connectivity index (χ3n) is 7.53. The Morgan fingerprint density at radius 3 is 2.64 bits per heavy atom. The van der Waals surface area contributed by atoms with E-state index in [1.807, 2.05) is 29.2 Å². The number of pyridine rings is 1. The molecule has 2 aliphatic rings. The Bertz CT molecular complexity index is 1540. The normalized spacial score (nSPS) is 17.9. The maximum absolute atomic E-state index is 13.6. The second-order valence-electron chi connectivity index (χ2n) is 10.0. The zero-order valence-corrected chi connectivity index (χ0v) is 26.0. The number of anilines is 1. The number of amides is 1. The Kier molecular flexibility index (Phi) is 9.96. The van der Waals surface area contributed by atoms with Crippen molar-refractivity contribution in [2.75, 3.05) is 45.4 Å². The zero-order chi connectivity index (χ0) is 30.6. The average Bonchev–Trinajstić information content (AvgIpc) is 3.26. The Balaban J connectivity index is 1.67. The van der Waals surface area contributed by atoms with Gasteiger partial charge in [-0.05, 0) is 62.4 Å². The number of carbonyl (C=O) groups is 2. The van der Waals surface area contributed by atoms with Gasteiger partial charge < -0.3 is 19.1 Å². The number of hydrogen-bond acceptors (Lipinski definition) is 10. The smallest absolute Gasteiger partial charge is 0.310 e. The van der Waals surface area contributed by atoms with Crippen molar-refractivity contribution < 1.29 is 23.8 Å². The fourth-order valence-corrected chi connectivity index (χ4v) is 6.61. The van der Waals surface area contributed by atoms with Crippen LogP contribution in [-0.2, 0) is 27.8 Å². The van der Waals surface area contributed by atoms with Crippen LogP contribution in [-0.4, -0.2) is 66.1 Å². The molecule has 10 nitrogen and oxygen atoms in total. The Labute approximate surface area is 254 Å². The summed E-state index contributed by atoms with van der Waals surface area (Å²) < 4.78 is 17.8. The molecular formula is C30H34N4O6S2. The third kappa shape index (κ3) is 6.17. The molecule has 222 valence electrons. The van der Waals surface area contributed by atoms with Crippen molar-refractivity contribution in [1.82, 2.24) is 9.47 Å². The van der Waals surface area contributed by atoms with Crippen LogP contribution in [0, 0.1) is 24.2 Å². The van der Waals surface area contributed by atoms with Crippen LogP contribution in [0.2, 0.25) is 0 Å². The molecule has 1 amide bonds. The fraction of sp³-hybridized carbons (Fsp3) is 0.433. The molecule has 2 saturated heterocycles. The largest absolute Gasteiger partial charge is 0.493 e. The van der Waals surface area contributed by atoms with E-state index >= 15 is 0 Å². The summed E-state index contributed by atoms with van der Waals surface area (Å²) in [7, 11) is 4.76. The number of thioether (sulfide) groups is 1. The summed E-state index contributed by atoms with van der Waals surface area (Å²) in [6.07, 6.45) is 3.68. The van der Waals surface area contributed by atoms with E-state index in [4.69, 9.17) is 26.4 Å². The lowest BCUT2D eigenvalue weighted by molar-refractivity contribution is -0.148. The molecule has 42 heavy (non-hydrogen) atoms. The first-order chi connectivity index (χ1) is 20.1. The maximum Gasteiger partial charge on any atom is 0.310 e. The van der Waals surface area contributed by atoms with E-state index in [2.05, 4.69) is 0 Å². The molecule has 1 atom stereocenters. The van der Waals surface area contributed by atoms with Crippen molar-refractivity contribution in [1.29, 1.82) is 5.26 Å². The van der Waals surface area contributed by atoms with Crippen LogP contribution < -0.4 is 19.9 Å². The van der Waals surface area contributed by atoms with Crippen LogP contribution >= 0.6 is 24.0 Å². The summed E-state index contributed by atoms with van der Waals surface area (Å²) in [6, 6.07) is 7.64. The molecule has 3 heterocycles. The second-order valence-corrected chi connectivity index (χ2v) is 11.7. The second kappa shape index (κ2) is 13.4. The number of nitrogens with zero attached hydrogens (tertiary/aromatic N) is 4. The summed E-state index contributed by atoms with van der Waals surface area (Å²) >= 11 is 6.77. The topological polar surface area (TPSA) is 114 Å². The standard InChI is InChI=1S/C30H34N4O6S2/c1-6-40-29(37)20-8-7-12-33(17-20)26-21(18(2)22(16-31)27(35)32(26)3)15-25-28(36)34(30(41)42-25)13-11-19-9-10-23(38-4)24(14-19)39-5/h9-10,14-15,20H,6-8,11-13,17H2,1-5H3/b25-15+. The molecule has 4 rings (SSSR count). The number of piperidine rings is 1. The highest BCUT2D eigenvalue weighted by Gasteiger charge is 2.34. The number of rotatable bonds is 9. The van der Waals surface area contributed by atoms with Crippen LogP contribution in [0.4, 0.5) is 5.82 Å². The molecule has 2 aromatic rings. The van der Waals surface area contributed by atoms with Gasteiger partial charge in [0.2, 0.25) is 0 Å². The SMILES string of the molecule is CCOC(=O)C1CCCN(c2c(/C=C3/SC(=S)N(CCc4ccc(OC)c(OC)c4)C3=O)c(C)c(C#N)c(=O)n2C)C1. The number of hydrogen-bond donors (Lipinski definition) is 0. The van der Waals surface area contributed by atoms with Gasteiger partial charge in [-0.15, -0.1) is 0 Å². The van der Waals surface area contributed by atoms with Crippen LogP contribution in [0.15, 0.2) is 27.9 Å². The van der Waals surface area contributed by atoms with E-state index in [0.29, 0.717) is 76.8 Å². The molecule has 12 heteroatoms. The molecule has 2 fully saturated rings. The van der Waals surface area contributed by atoms with Crippen molar-refractivity contribution >= 4 is 52.1 Å². The summed E-state index contributed by atoms with van der Waals surface area (Å²) in [5.74, 6) is 0.931. The molecular weight excluding hydrogens is 576 g/mol. The lowest BCUT2D eigenvalue weighted by atomic mass is 9.96. The molecule has 0 spiro atoms. The average molecular weight is 611 g/mol. The number of benzene rings is 1. The Morgan fingerprint density at radius 1 is 1.24 bits per heavy atom. The van der Waals surface area contributed by atoms with Crippen LogP contribution in [0.25, 0.3) is 6.08 Å². The minimum atomic E-state index is -0.428. The number of carbonyl (C=O) groups excluding carboxylic acids is 2. The summed E-state index contributed by atoms with van der Waals surface area (Å²) in [5, 5.41) is 9.79. The number of aromatic nitrogens is 1. The third-order valence-corrected chi connectivity index (χ3v) is 8.91. The molecule has 0 radical (unpaired) electrons. The van der Waals surface area contributed by atoms with E-state index in [9.17, 15) is 19.6 Å². The van der Waals surface area contributed by atoms with Gasteiger partial charge >= 0.3 is 5.97 Å². The van der Waals surface area contributed by atoms with Crippen molar-refractivity contribution in [3.8, 4) is 17.6 Å². The van der Waals surface area contributed by atoms with Gasteiger partial charge in [-0.25, -0.2) is 0 Å². The molecule has 1 aromatic carbocycles. The lowest BCUT2D eigenvalue weighted by Gasteiger charge is -2.35. The first kappa shape index (κ1) is 31.1. The van der Waals surface area contributed by atoms with Gasteiger partial charge in [0.05, 0.1) is 31.6 Å². The van der Waals surface area contributed by atoms with Gasteiger partial charge in [0.15, 0.2) is 11.5 Å². The van der Waals surface area contributed by atoms with E-state index in [-0.39, 0.29) is 23.4 Å². The number of methoxy groups -OCH3 is 2. The molecule has 1 aromatic heterocycles. The van der Waals surface area contributed by atoms with Gasteiger partial charge in [-0.3, -0.25) is 23.9 Å². The summed E-state index contributed by atoms with van der Waals surface area (Å²) in [6.45, 7) is 5.12. The minimum Gasteiger partial charge on any atom is -0.493 e. The molecule has 0 saturated carbocycles. The minimum absolute atomic E-state index is 0.00961. The van der Waals surface area contributed by atoms with E-state index in [1.54, 1.807) is 46.1 Å². The van der Waals surface area contributed by atoms with E-state index < -0.39 is 5.56 Å². The predicted octanol–water partition coefficient (Wildman–Crippen LogP) is 3.81. The number of ether oxygens (including phenoxy) is 3. The molecule has 2 aliphatic heterocycles. The Morgan fingerprint density at radius 2 is 1.98 bits per heavy atom. The number of thiocarbonyl (C=S) groups is 1. The Hall–Kier alpha value is -3.82. The summed E-state index contributed by atoms with van der Waals surface area (Å²) in [5.41, 5.74) is 1.60. The highest BCUT2D eigenvalue weighted by molar-refractivity contribution is 8.26. The van der Waals surface area contributed by atoms with Gasteiger partial charge in [0.25, 0.3) is 11.5 Å². The van der Waals surface area contributed by atoms with E-state index in [1.165, 1.54) is 16.3 Å². The number of esters is 1. The quantitative estimate of drug-likeness (QED) is 0.236. The van der Waals surface area contributed by atoms with Gasteiger partial charge in [-0.2, -0.15) is 5.26 Å². The highest BCUT2D eigenvalue weighted by Crippen LogP contribution is 2.37. The monoisotopic (exact) mass is 610 g/mol. The summed E-state index contributed by atoms with van der Waals surface area (Å²) in [4.78, 5) is 43.2. The fourth-order valence-electron chi connectivity index (χ4n) is 5.32. The van der Waals surface area contributed by atoms with Crippen molar-refractivity contribution in [2.45, 2.75) is 33.1 Å². The number of nitriles is 1. The maximum atomic E-state index is 13.6. The molecule has 1 unspecified atom stereocenters. The first-order valence-electron chi connectivity index (χ1n) is 13.7. The van der Waals surface area contributed by atoms with Crippen molar-refractivity contribution in [3.63, 3.8) is 0 Å². The molecule has 0 bridgehead atoms. The molecule has 0 N–H and O–H groups in total. The van der Waals surface area contributed by atoms with Crippen molar-refractivity contribution in [3.05, 3.63) is 55.7 Å². The van der Waals surface area contributed by atoms with Crippen LogP contribution in [0.3, 0.4) is 0 Å². The lowest BCUT2D eigenvalue weighted by Crippen LogP contribution is -2.42. The van der Waals surface area contributed by atoms with Crippen molar-refractivity contribution in [2.24, 2.45) is 13.0 Å². The molecule has 0 aliphatic carbocycles. The van der Waals surface area contributed by atoms with Crippen LogP contribution in [0.1, 0.15) is 42.0 Å². The van der Waals surface area contributed by atoms with Gasteiger partial charge in [0, 0.05) is 32.2 Å². The first-order valence-corrected chi connectivity index (χ1v) is 14.9. The van der Waals surface area contributed by atoms with E-state index in [0.717, 1.165) is 12.0 Å². The van der Waals surface area contributed by atoms with Gasteiger partial charge in [-0.1, -0.05) is 30.0 Å². The van der Waals surface area contributed by atoms with Gasteiger partial charge in [0.1, 0.15) is 21.8 Å². The predicted molar refractivity (Wildman–Crippen MR) is 166 cm³/mol. The van der Waals surface area contributed by atoms with Crippen LogP contribution in [0.5, 0.6) is 11.5 Å².